The van der Waals surface area contributed by atoms with Crippen LogP contribution >= 0.6 is 11.3 Å². The molecule has 0 radical (unpaired) electrons. The molecule has 6 heteroatoms. The molecule has 1 aromatic heterocycles. The van der Waals surface area contributed by atoms with Crippen molar-refractivity contribution in [2.24, 2.45) is 0 Å². The van der Waals surface area contributed by atoms with Crippen LogP contribution in [-0.2, 0) is 4.74 Å². The summed E-state index contributed by atoms with van der Waals surface area (Å²) in [5.41, 5.74) is 1.03. The zero-order chi connectivity index (χ0) is 12.3. The molecule has 0 spiro atoms. The largest absolute Gasteiger partial charge is 0.388 e. The van der Waals surface area contributed by atoms with Crippen LogP contribution in [0.25, 0.3) is 0 Å². The second kappa shape index (κ2) is 5.48. The van der Waals surface area contributed by atoms with Crippen molar-refractivity contribution < 1.29 is 14.6 Å². The van der Waals surface area contributed by atoms with Crippen molar-refractivity contribution in [3.63, 3.8) is 0 Å². The second-order valence-corrected chi connectivity index (χ2v) is 4.92. The van der Waals surface area contributed by atoms with Gasteiger partial charge in [-0.2, -0.15) is 0 Å². The highest BCUT2D eigenvalue weighted by Gasteiger charge is 2.27. The molecule has 0 unspecified atom stereocenters. The summed E-state index contributed by atoms with van der Waals surface area (Å²) in [7, 11) is 1.52. The van der Waals surface area contributed by atoms with E-state index in [0.717, 1.165) is 16.9 Å². The Morgan fingerprint density at radius 2 is 2.47 bits per heavy atom. The van der Waals surface area contributed by atoms with Crippen LogP contribution in [0.15, 0.2) is 11.4 Å². The van der Waals surface area contributed by atoms with E-state index < -0.39 is 0 Å². The van der Waals surface area contributed by atoms with Crippen molar-refractivity contribution >= 4 is 17.4 Å². The normalized spacial score (nSPS) is 22.9. The molecule has 0 aliphatic heterocycles. The van der Waals surface area contributed by atoms with Crippen LogP contribution in [0.1, 0.15) is 35.4 Å². The number of rotatable bonds is 3. The molecule has 1 heterocycles. The first-order valence-electron chi connectivity index (χ1n) is 5.51. The van der Waals surface area contributed by atoms with Crippen molar-refractivity contribution in [3.05, 3.63) is 21.9 Å². The lowest BCUT2D eigenvalue weighted by molar-refractivity contribution is 0.148. The summed E-state index contributed by atoms with van der Waals surface area (Å²) >= 11 is 1.54. The van der Waals surface area contributed by atoms with Crippen LogP contribution in [-0.4, -0.2) is 25.0 Å². The van der Waals surface area contributed by atoms with Gasteiger partial charge in [-0.25, -0.2) is 4.79 Å². The molecule has 1 aliphatic carbocycles. The molecule has 2 atom stereocenters. The number of ether oxygens (including phenoxy) is 1. The Hall–Kier alpha value is -1.11. The highest BCUT2D eigenvalue weighted by atomic mass is 32.1. The molecule has 17 heavy (non-hydrogen) atoms. The first-order valence-corrected chi connectivity index (χ1v) is 6.39. The minimum Gasteiger partial charge on any atom is -0.388 e. The van der Waals surface area contributed by atoms with Crippen molar-refractivity contribution in [1.29, 1.82) is 0 Å². The van der Waals surface area contributed by atoms with Crippen LogP contribution < -0.4 is 10.6 Å². The lowest BCUT2D eigenvalue weighted by Crippen LogP contribution is -2.39. The molecule has 1 aliphatic rings. The van der Waals surface area contributed by atoms with Gasteiger partial charge < -0.3 is 20.5 Å². The molecule has 2 rings (SSSR count). The Balaban J connectivity index is 2.00. The number of hydrogen-bond acceptors (Lipinski definition) is 4. The lowest BCUT2D eigenvalue weighted by atomic mass is 9.92. The van der Waals surface area contributed by atoms with Gasteiger partial charge in [0, 0.05) is 12.0 Å². The fourth-order valence-electron chi connectivity index (χ4n) is 2.00. The van der Waals surface area contributed by atoms with Gasteiger partial charge in [-0.1, -0.05) is 0 Å². The highest BCUT2D eigenvalue weighted by Crippen LogP contribution is 2.39. The number of urea groups is 1. The van der Waals surface area contributed by atoms with E-state index in [2.05, 4.69) is 10.6 Å². The highest BCUT2D eigenvalue weighted by molar-refractivity contribution is 7.10. The summed E-state index contributed by atoms with van der Waals surface area (Å²) in [6.45, 7) is 0.192. The summed E-state index contributed by atoms with van der Waals surface area (Å²) in [5.74, 6) is 0. The molecule has 3 N–H and O–H groups in total. The van der Waals surface area contributed by atoms with Gasteiger partial charge in [0.2, 0.25) is 0 Å². The van der Waals surface area contributed by atoms with Crippen molar-refractivity contribution in [2.75, 3.05) is 13.8 Å². The van der Waals surface area contributed by atoms with E-state index >= 15 is 0 Å². The average molecular weight is 256 g/mol. The Morgan fingerprint density at radius 3 is 3.24 bits per heavy atom. The van der Waals surface area contributed by atoms with Gasteiger partial charge in [-0.15, -0.1) is 11.3 Å². The number of carbonyl (C=O) groups excluding carboxylic acids is 1. The molecule has 5 nitrogen and oxygen atoms in total. The number of fused-ring (bicyclic) bond motifs is 1. The van der Waals surface area contributed by atoms with Gasteiger partial charge in [0.05, 0.1) is 12.1 Å². The quantitative estimate of drug-likeness (QED) is 0.718. The second-order valence-electron chi connectivity index (χ2n) is 3.97. The third-order valence-corrected chi connectivity index (χ3v) is 3.85. The van der Waals surface area contributed by atoms with Crippen LogP contribution in [0, 0.1) is 0 Å². The lowest BCUT2D eigenvalue weighted by Gasteiger charge is -2.26. The van der Waals surface area contributed by atoms with E-state index in [-0.39, 0.29) is 24.9 Å². The Kier molecular flexibility index (Phi) is 3.98. The van der Waals surface area contributed by atoms with E-state index in [1.165, 1.54) is 18.4 Å². The van der Waals surface area contributed by atoms with Crippen LogP contribution in [0.3, 0.4) is 0 Å². The molecule has 94 valence electrons. The average Bonchev–Trinajstić information content (AvgIpc) is 2.80. The number of carbonyl (C=O) groups is 1. The van der Waals surface area contributed by atoms with E-state index in [1.54, 1.807) is 0 Å². The number of amides is 2. The zero-order valence-electron chi connectivity index (χ0n) is 9.60. The van der Waals surface area contributed by atoms with Gasteiger partial charge in [-0.05, 0) is 29.9 Å². The third kappa shape index (κ3) is 2.77. The number of hydrogen-bond donors (Lipinski definition) is 3. The summed E-state index contributed by atoms with van der Waals surface area (Å²) in [5, 5.41) is 17.2. The maximum Gasteiger partial charge on any atom is 0.317 e. The molecular formula is C11H16N2O3S. The first-order chi connectivity index (χ1) is 8.22. The van der Waals surface area contributed by atoms with Crippen LogP contribution in [0.4, 0.5) is 4.79 Å². The third-order valence-electron chi connectivity index (χ3n) is 2.82. The molecule has 1 aromatic rings. The predicted molar refractivity (Wildman–Crippen MR) is 64.8 cm³/mol. The van der Waals surface area contributed by atoms with Gasteiger partial charge in [0.25, 0.3) is 0 Å². The fraction of sp³-hybridized carbons (Fsp3) is 0.545. The summed E-state index contributed by atoms with van der Waals surface area (Å²) < 4.78 is 4.76. The first kappa shape index (κ1) is 12.3. The molecule has 0 fully saturated rings. The number of nitrogens with one attached hydrogen (secondary N) is 2. The summed E-state index contributed by atoms with van der Waals surface area (Å²) in [4.78, 5) is 12.5. The molecule has 0 bridgehead atoms. The smallest absolute Gasteiger partial charge is 0.317 e. The van der Waals surface area contributed by atoms with Crippen molar-refractivity contribution in [3.8, 4) is 0 Å². The maximum absolute atomic E-state index is 11.5. The van der Waals surface area contributed by atoms with Gasteiger partial charge in [-0.3, -0.25) is 0 Å². The maximum atomic E-state index is 11.5. The van der Waals surface area contributed by atoms with E-state index in [1.807, 2.05) is 11.4 Å². The van der Waals surface area contributed by atoms with Gasteiger partial charge in [0.15, 0.2) is 0 Å². The van der Waals surface area contributed by atoms with Gasteiger partial charge in [0.1, 0.15) is 6.73 Å². The number of aliphatic hydroxyl groups excluding tert-OH is 1. The molecule has 2 amide bonds. The fourth-order valence-corrected chi connectivity index (χ4v) is 2.98. The molecule has 0 aromatic carbocycles. The zero-order valence-corrected chi connectivity index (χ0v) is 10.4. The molecule has 0 saturated carbocycles. The number of aliphatic hydroxyl groups is 1. The van der Waals surface area contributed by atoms with Crippen molar-refractivity contribution in [2.45, 2.75) is 25.0 Å². The van der Waals surface area contributed by atoms with E-state index in [4.69, 9.17) is 4.74 Å². The SMILES string of the molecule is COCNC(=O)N[C@@H]1CC[C@H](O)c2sccc21. The Labute approximate surface area is 104 Å². The van der Waals surface area contributed by atoms with Gasteiger partial charge >= 0.3 is 6.03 Å². The van der Waals surface area contributed by atoms with E-state index in [0.29, 0.717) is 6.42 Å². The Bertz CT molecular complexity index is 394. The monoisotopic (exact) mass is 256 g/mol. The topological polar surface area (TPSA) is 70.6 Å². The number of methoxy groups -OCH3 is 1. The number of thiophene rings is 1. The Morgan fingerprint density at radius 1 is 1.65 bits per heavy atom. The predicted octanol–water partition coefficient (Wildman–Crippen LogP) is 1.52. The minimum absolute atomic E-state index is 0.0171. The summed E-state index contributed by atoms with van der Waals surface area (Å²) in [6.07, 6.45) is 1.05. The molecular weight excluding hydrogens is 240 g/mol. The van der Waals surface area contributed by atoms with Crippen LogP contribution in [0.5, 0.6) is 0 Å². The molecule has 0 saturated heterocycles. The van der Waals surface area contributed by atoms with E-state index in [9.17, 15) is 9.90 Å². The van der Waals surface area contributed by atoms with Crippen LogP contribution in [0.2, 0.25) is 0 Å². The van der Waals surface area contributed by atoms with Crippen molar-refractivity contribution in [1.82, 2.24) is 10.6 Å². The standard InChI is InChI=1S/C11H16N2O3S/c1-16-6-12-11(15)13-8-2-3-9(14)10-7(8)4-5-17-10/h4-5,8-9,14H,2-3,6H2,1H3,(H2,12,13,15)/t8-,9+/m1/s1. The minimum atomic E-state index is -0.384. The summed E-state index contributed by atoms with van der Waals surface area (Å²) in [6, 6.07) is 1.70.